The van der Waals surface area contributed by atoms with Crippen LogP contribution in [0, 0.1) is 5.82 Å². The fourth-order valence-electron chi connectivity index (χ4n) is 1.66. The smallest absolute Gasteiger partial charge is 0.335 e. The predicted molar refractivity (Wildman–Crippen MR) is 56.8 cm³/mol. The molecule has 0 saturated carbocycles. The zero-order valence-electron chi connectivity index (χ0n) is 8.27. The molecule has 2 aromatic carbocycles. The van der Waals surface area contributed by atoms with Gasteiger partial charge in [-0.15, -0.1) is 0 Å². The lowest BCUT2D eigenvalue weighted by Gasteiger charge is -2.06. The Kier molecular flexibility index (Phi) is 2.58. The molecule has 0 aliphatic carbocycles. The highest BCUT2D eigenvalue weighted by Crippen LogP contribution is 2.22. The number of aliphatic hydroxyl groups is 1. The predicted octanol–water partition coefficient (Wildman–Crippen LogP) is 2.17. The normalized spacial score (nSPS) is 10.6. The van der Waals surface area contributed by atoms with Crippen molar-refractivity contribution in [3.05, 3.63) is 47.3 Å². The van der Waals surface area contributed by atoms with Crippen LogP contribution in [0.25, 0.3) is 10.8 Å². The van der Waals surface area contributed by atoms with Crippen LogP contribution in [0.3, 0.4) is 0 Å². The zero-order valence-corrected chi connectivity index (χ0v) is 8.27. The maximum Gasteiger partial charge on any atom is 0.335 e. The summed E-state index contributed by atoms with van der Waals surface area (Å²) in [5.41, 5.74) is 0.498. The lowest BCUT2D eigenvalue weighted by atomic mass is 10.0. The molecule has 0 aliphatic rings. The molecule has 4 heteroatoms. The summed E-state index contributed by atoms with van der Waals surface area (Å²) in [6.45, 7) is -0.318. The molecule has 0 saturated heterocycles. The van der Waals surface area contributed by atoms with E-state index in [4.69, 9.17) is 10.2 Å². The summed E-state index contributed by atoms with van der Waals surface area (Å²) in [4.78, 5) is 10.8. The molecule has 2 rings (SSSR count). The molecular weight excluding hydrogens is 211 g/mol. The van der Waals surface area contributed by atoms with E-state index < -0.39 is 11.8 Å². The van der Waals surface area contributed by atoms with Crippen LogP contribution in [0.2, 0.25) is 0 Å². The van der Waals surface area contributed by atoms with E-state index >= 15 is 0 Å². The average molecular weight is 220 g/mol. The van der Waals surface area contributed by atoms with Crippen LogP contribution in [0.5, 0.6) is 0 Å². The Labute approximate surface area is 90.8 Å². The maximum atomic E-state index is 13.0. The summed E-state index contributed by atoms with van der Waals surface area (Å²) in [6, 6.07) is 6.85. The summed E-state index contributed by atoms with van der Waals surface area (Å²) in [5, 5.41) is 19.1. The van der Waals surface area contributed by atoms with Gasteiger partial charge in [-0.2, -0.15) is 0 Å². The van der Waals surface area contributed by atoms with Crippen LogP contribution >= 0.6 is 0 Å². The highest BCUT2D eigenvalue weighted by atomic mass is 19.1. The summed E-state index contributed by atoms with van der Waals surface area (Å²) in [6.07, 6.45) is 0. The fourth-order valence-corrected chi connectivity index (χ4v) is 1.66. The van der Waals surface area contributed by atoms with Crippen molar-refractivity contribution in [3.63, 3.8) is 0 Å². The third-order valence-corrected chi connectivity index (χ3v) is 2.42. The Bertz CT molecular complexity index is 563. The number of benzene rings is 2. The Balaban J connectivity index is 2.78. The van der Waals surface area contributed by atoms with Gasteiger partial charge in [-0.3, -0.25) is 0 Å². The van der Waals surface area contributed by atoms with E-state index in [2.05, 4.69) is 0 Å². The maximum absolute atomic E-state index is 13.0. The molecule has 0 spiro atoms. The van der Waals surface area contributed by atoms with Crippen LogP contribution in [-0.2, 0) is 6.61 Å². The molecule has 0 unspecified atom stereocenters. The Morgan fingerprint density at radius 1 is 1.25 bits per heavy atom. The van der Waals surface area contributed by atoms with Crippen molar-refractivity contribution in [2.75, 3.05) is 0 Å². The highest BCUT2D eigenvalue weighted by molar-refractivity contribution is 5.96. The molecule has 3 nitrogen and oxygen atoms in total. The first-order valence-electron chi connectivity index (χ1n) is 4.68. The van der Waals surface area contributed by atoms with Crippen molar-refractivity contribution in [3.8, 4) is 0 Å². The van der Waals surface area contributed by atoms with E-state index in [0.29, 0.717) is 16.3 Å². The Hall–Kier alpha value is -1.94. The van der Waals surface area contributed by atoms with Gasteiger partial charge in [-0.25, -0.2) is 9.18 Å². The summed E-state index contributed by atoms with van der Waals surface area (Å²) >= 11 is 0. The van der Waals surface area contributed by atoms with E-state index in [1.165, 1.54) is 30.3 Å². The fraction of sp³-hybridized carbons (Fsp3) is 0.0833. The molecule has 82 valence electrons. The van der Waals surface area contributed by atoms with E-state index in [1.807, 2.05) is 0 Å². The van der Waals surface area contributed by atoms with Crippen molar-refractivity contribution in [1.29, 1.82) is 0 Å². The summed E-state index contributed by atoms with van der Waals surface area (Å²) in [7, 11) is 0. The number of aliphatic hydroxyl groups excluding tert-OH is 1. The van der Waals surface area contributed by atoms with Gasteiger partial charge in [-0.05, 0) is 40.6 Å². The van der Waals surface area contributed by atoms with Crippen molar-refractivity contribution >= 4 is 16.7 Å². The van der Waals surface area contributed by atoms with Gasteiger partial charge in [0.2, 0.25) is 0 Å². The van der Waals surface area contributed by atoms with Crippen molar-refractivity contribution in [2.45, 2.75) is 6.61 Å². The molecule has 0 aromatic heterocycles. The molecule has 0 bridgehead atoms. The second-order valence-corrected chi connectivity index (χ2v) is 3.46. The van der Waals surface area contributed by atoms with Crippen LogP contribution in [0.4, 0.5) is 4.39 Å². The van der Waals surface area contributed by atoms with Gasteiger partial charge < -0.3 is 10.2 Å². The monoisotopic (exact) mass is 220 g/mol. The largest absolute Gasteiger partial charge is 0.478 e. The molecule has 0 atom stereocenters. The summed E-state index contributed by atoms with van der Waals surface area (Å²) < 4.78 is 13.0. The Morgan fingerprint density at radius 2 is 2.00 bits per heavy atom. The van der Waals surface area contributed by atoms with Crippen molar-refractivity contribution in [2.24, 2.45) is 0 Å². The van der Waals surface area contributed by atoms with Gasteiger partial charge >= 0.3 is 5.97 Å². The van der Waals surface area contributed by atoms with Gasteiger partial charge in [0.25, 0.3) is 0 Å². The van der Waals surface area contributed by atoms with Crippen LogP contribution in [0.15, 0.2) is 30.3 Å². The third-order valence-electron chi connectivity index (χ3n) is 2.42. The first-order chi connectivity index (χ1) is 7.61. The number of fused-ring (bicyclic) bond motifs is 1. The molecule has 0 amide bonds. The highest BCUT2D eigenvalue weighted by Gasteiger charge is 2.09. The summed E-state index contributed by atoms with van der Waals surface area (Å²) in [5.74, 6) is -1.48. The van der Waals surface area contributed by atoms with E-state index in [0.717, 1.165) is 0 Å². The minimum Gasteiger partial charge on any atom is -0.478 e. The molecule has 0 fully saturated rings. The zero-order chi connectivity index (χ0) is 11.7. The topological polar surface area (TPSA) is 57.5 Å². The first kappa shape index (κ1) is 10.6. The van der Waals surface area contributed by atoms with Crippen LogP contribution < -0.4 is 0 Å². The van der Waals surface area contributed by atoms with Crippen molar-refractivity contribution < 1.29 is 19.4 Å². The number of rotatable bonds is 2. The number of aromatic carboxylic acids is 1. The number of hydrogen-bond donors (Lipinski definition) is 2. The van der Waals surface area contributed by atoms with E-state index in [1.54, 1.807) is 0 Å². The van der Waals surface area contributed by atoms with Gasteiger partial charge in [0, 0.05) is 0 Å². The number of hydrogen-bond acceptors (Lipinski definition) is 2. The second kappa shape index (κ2) is 3.90. The number of carbonyl (C=O) groups is 1. The molecule has 0 radical (unpaired) electrons. The lowest BCUT2D eigenvalue weighted by Crippen LogP contribution is -1.99. The van der Waals surface area contributed by atoms with Crippen LogP contribution in [0.1, 0.15) is 15.9 Å². The number of carboxylic acid groups (broad SMARTS) is 1. The van der Waals surface area contributed by atoms with Crippen molar-refractivity contribution in [1.82, 2.24) is 0 Å². The van der Waals surface area contributed by atoms with Crippen LogP contribution in [-0.4, -0.2) is 16.2 Å². The molecule has 2 aromatic rings. The Morgan fingerprint density at radius 3 is 2.62 bits per heavy atom. The second-order valence-electron chi connectivity index (χ2n) is 3.46. The average Bonchev–Trinajstić information content (AvgIpc) is 2.27. The molecular formula is C12H9FO3. The quantitative estimate of drug-likeness (QED) is 0.815. The molecule has 0 aliphatic heterocycles. The number of carboxylic acids is 1. The standard InChI is InChI=1S/C12H9FO3/c13-10-2-1-7-3-8(12(15)16)4-9(6-14)11(7)5-10/h1-5,14H,6H2,(H,15,16). The van der Waals surface area contributed by atoms with Gasteiger partial charge in [0.15, 0.2) is 0 Å². The molecule has 0 heterocycles. The number of halogens is 1. The van der Waals surface area contributed by atoms with E-state index in [9.17, 15) is 9.18 Å². The molecule has 16 heavy (non-hydrogen) atoms. The van der Waals surface area contributed by atoms with Gasteiger partial charge in [-0.1, -0.05) is 6.07 Å². The van der Waals surface area contributed by atoms with Gasteiger partial charge in [0.1, 0.15) is 5.82 Å². The lowest BCUT2D eigenvalue weighted by molar-refractivity contribution is 0.0697. The molecule has 2 N–H and O–H groups in total. The first-order valence-corrected chi connectivity index (χ1v) is 4.68. The minimum atomic E-state index is -1.07. The SMILES string of the molecule is O=C(O)c1cc(CO)c2cc(F)ccc2c1. The minimum absolute atomic E-state index is 0.0863. The van der Waals surface area contributed by atoms with Gasteiger partial charge in [0.05, 0.1) is 12.2 Å². The van der Waals surface area contributed by atoms with E-state index in [-0.39, 0.29) is 12.2 Å². The third kappa shape index (κ3) is 1.75.